The number of aliphatic hydroxyl groups excluding tert-OH is 6. The fourth-order valence-electron chi connectivity index (χ4n) is 12.3. The minimum Gasteiger partial charge on any atom is -0.508 e. The van der Waals surface area contributed by atoms with Gasteiger partial charge in [0, 0.05) is 34.7 Å². The van der Waals surface area contributed by atoms with E-state index in [1.165, 1.54) is 27.0 Å². The molecular weight excluding hydrogens is 1360 g/mol. The number of carboxylic acids is 2. The van der Waals surface area contributed by atoms with Crippen molar-refractivity contribution in [3.05, 3.63) is 117 Å². The van der Waals surface area contributed by atoms with Crippen LogP contribution in [0.3, 0.4) is 0 Å². The fraction of sp³-hybridized carbons (Fsp3) is 0.415. The number of benzene rings is 5. The number of nitrogens with two attached hydrogens (primary N) is 1. The molecule has 0 saturated carbocycles. The van der Waals surface area contributed by atoms with Crippen molar-refractivity contribution in [3.63, 3.8) is 0 Å². The molecule has 6 amide bonds. The van der Waals surface area contributed by atoms with Crippen molar-refractivity contribution in [2.45, 2.75) is 150 Å². The third kappa shape index (κ3) is 15.1. The molecule has 536 valence electrons. The van der Waals surface area contributed by atoms with E-state index in [-0.39, 0.29) is 35.6 Å². The third-order valence-corrected chi connectivity index (χ3v) is 18.1. The Kier molecular flexibility index (Phi) is 21.7. The maximum Gasteiger partial charge on any atom is 0.336 e. The maximum atomic E-state index is 15.9. The first-order valence-corrected chi connectivity index (χ1v) is 31.8. The first-order chi connectivity index (χ1) is 47.2. The number of aliphatic hydroxyl groups is 6. The summed E-state index contributed by atoms with van der Waals surface area (Å²) in [5.74, 6) is -17.8. The lowest BCUT2D eigenvalue weighted by Gasteiger charge is -2.47. The number of aliphatic carboxylic acids is 2. The number of fused-ring (bicyclic) bond motifs is 15. The van der Waals surface area contributed by atoms with Gasteiger partial charge < -0.3 is 128 Å². The van der Waals surface area contributed by atoms with E-state index in [1.807, 2.05) is 5.32 Å². The van der Waals surface area contributed by atoms with Crippen molar-refractivity contribution in [2.24, 2.45) is 11.7 Å². The number of nitrogens with one attached hydrogen (secondary N) is 7. The van der Waals surface area contributed by atoms with Crippen molar-refractivity contribution < 1.29 is 123 Å². The second-order valence-electron chi connectivity index (χ2n) is 25.3. The normalized spacial score (nSPS) is 29.6. The lowest BCUT2D eigenvalue weighted by atomic mass is 9.86. The zero-order chi connectivity index (χ0) is 72.8. The van der Waals surface area contributed by atoms with Crippen molar-refractivity contribution in [3.8, 4) is 57.1 Å². The zero-order valence-corrected chi connectivity index (χ0v) is 55.0. The Morgan fingerprint density at radius 1 is 0.680 bits per heavy atom. The number of likely N-dealkylation sites (N-methyl/N-ethyl adjacent to an activating group) is 1. The molecule has 2 saturated heterocycles. The quantitative estimate of drug-likeness (QED) is 0.0748. The Morgan fingerprint density at radius 2 is 1.26 bits per heavy atom. The van der Waals surface area contributed by atoms with Gasteiger partial charge in [-0.05, 0) is 110 Å². The first kappa shape index (κ1) is 73.5. The molecule has 7 aliphatic heterocycles. The van der Waals surface area contributed by atoms with Gasteiger partial charge in [-0.1, -0.05) is 55.2 Å². The van der Waals surface area contributed by atoms with Crippen LogP contribution in [0.4, 0.5) is 0 Å². The SMILES string of the molecule is CNC(CC(C)C)C(=O)NC1C(=O)NC(C(=O)O)C(=O)NC2C(=O)NC3C(=O)NC(C(=O)NC(C(=O)O)c4cc(O)cc(O)c4-c4cc3ccc4O)C(O)c3ccc(c(Cl)c3)Oc3cc2cc(c3O[C@@H]2O[C@H](CO)[C@@H](O)[C@H](O)[C@H]2OC2CC(C)(N)C(O)C(C)O2)Oc2ccc(cc2Cl)C1O. The number of carboxylic acid groups (broad SMARTS) is 2. The van der Waals surface area contributed by atoms with Gasteiger partial charge in [0.05, 0.1) is 34.9 Å². The lowest BCUT2D eigenvalue weighted by Crippen LogP contribution is -2.64. The average molecular weight is 1440 g/mol. The molecule has 5 aromatic carbocycles. The Balaban J connectivity index is 1.24. The van der Waals surface area contributed by atoms with Crippen molar-refractivity contribution in [1.29, 1.82) is 0 Å². The van der Waals surface area contributed by atoms with Crippen LogP contribution >= 0.6 is 23.2 Å². The van der Waals surface area contributed by atoms with E-state index in [2.05, 4.69) is 31.9 Å². The molecule has 20 N–H and O–H groups in total. The average Bonchev–Trinajstić information content (AvgIpc) is 0.769. The smallest absolute Gasteiger partial charge is 0.336 e. The van der Waals surface area contributed by atoms with E-state index in [0.29, 0.717) is 0 Å². The summed E-state index contributed by atoms with van der Waals surface area (Å²) in [5.41, 5.74) is 1.99. The number of hydrogen-bond acceptors (Lipinski definition) is 25. The molecule has 7 heterocycles. The summed E-state index contributed by atoms with van der Waals surface area (Å²) < 4.78 is 38.1. The molecule has 18 atom stereocenters. The summed E-state index contributed by atoms with van der Waals surface area (Å²) in [4.78, 5) is 116. The molecule has 12 rings (SSSR count). The number of rotatable bonds is 12. The molecule has 2 fully saturated rings. The molecule has 0 aliphatic carbocycles. The Morgan fingerprint density at radius 3 is 1.84 bits per heavy atom. The highest BCUT2D eigenvalue weighted by Gasteiger charge is 2.52. The van der Waals surface area contributed by atoms with Crippen LogP contribution in [0.2, 0.25) is 10.0 Å². The Labute approximate surface area is 577 Å². The number of carbonyl (C=O) groups is 8. The fourth-order valence-corrected chi connectivity index (χ4v) is 12.7. The standard InChI is InChI=1S/C65H72Cl2N8O25/c1-22(2)12-33(69-5)56(85)73-46-49(80)25-7-10-36(31(66)14-25)96-38-16-27-17-39(53(38)100-64-54(52(83)51(82)40(21-76)98-64)99-41-20-65(4,68)55(84)23(3)95-41)97-37-11-8-26(15-32(37)67)50(81)47-59(88)72-45(62(91)92)30-18-28(77)19-35(79)42(30)29-13-24(6-9-34(29)78)43(57(86)74-47)70-58(87)44(27)71-61(90)48(63(93)94)75-60(46)89/h6-11,13-19,22-23,33,40-41,43-52,54-55,64,69,76-84H,12,20-21,68H2,1-5H3,(H,70,87)(H,71,90)(H,72,88)(H,73,85)(H,74,86)(H,75,89)(H,91,92)(H,93,94)/t23?,33?,40-,41?,43?,44?,45?,46?,47?,48?,49?,50?,51-,52+,54-,55?,64+,65?/m1/s1. The third-order valence-electron chi connectivity index (χ3n) is 17.5. The zero-order valence-electron chi connectivity index (χ0n) is 53.5. The van der Waals surface area contributed by atoms with E-state index in [9.17, 15) is 80.1 Å². The number of aromatic hydroxyl groups is 3. The Hall–Kier alpha value is -9.20. The molecule has 33 nitrogen and oxygen atoms in total. The van der Waals surface area contributed by atoms with Crippen LogP contribution in [0.1, 0.15) is 98.7 Å². The molecule has 11 bridgehead atoms. The predicted molar refractivity (Wildman–Crippen MR) is 343 cm³/mol. The van der Waals surface area contributed by atoms with Gasteiger partial charge in [-0.3, -0.25) is 28.8 Å². The number of hydrogen-bond donors (Lipinski definition) is 19. The van der Waals surface area contributed by atoms with Crippen molar-refractivity contribution >= 4 is 70.6 Å². The van der Waals surface area contributed by atoms with E-state index < -0.39 is 241 Å². The number of carbonyl (C=O) groups excluding carboxylic acids is 6. The van der Waals surface area contributed by atoms with Gasteiger partial charge >= 0.3 is 11.9 Å². The van der Waals surface area contributed by atoms with Gasteiger partial charge in [0.15, 0.2) is 29.9 Å². The first-order valence-electron chi connectivity index (χ1n) is 31.1. The minimum atomic E-state index is -2.78. The maximum absolute atomic E-state index is 15.9. The van der Waals surface area contributed by atoms with Gasteiger partial charge in [-0.25, -0.2) is 9.59 Å². The molecule has 7 aliphatic rings. The second kappa shape index (κ2) is 29.6. The van der Waals surface area contributed by atoms with E-state index in [4.69, 9.17) is 57.4 Å². The van der Waals surface area contributed by atoms with E-state index in [0.717, 1.165) is 72.8 Å². The van der Waals surface area contributed by atoms with Gasteiger partial charge in [-0.2, -0.15) is 0 Å². The number of halogens is 2. The molecule has 100 heavy (non-hydrogen) atoms. The summed E-state index contributed by atoms with van der Waals surface area (Å²) in [6.07, 6.45) is -17.7. The second-order valence-corrected chi connectivity index (χ2v) is 26.1. The molecule has 0 aromatic heterocycles. The predicted octanol–water partition coefficient (Wildman–Crippen LogP) is 0.315. The number of ether oxygens (including phenoxy) is 6. The number of phenolic OH excluding ortho intramolecular Hbond substituents is 3. The van der Waals surface area contributed by atoms with Crippen LogP contribution in [0, 0.1) is 5.92 Å². The summed E-state index contributed by atoms with van der Waals surface area (Å²) in [6, 6.07) is -2.10. The van der Waals surface area contributed by atoms with Gasteiger partial charge in [0.2, 0.25) is 47.6 Å². The highest BCUT2D eigenvalue weighted by Crippen LogP contribution is 2.50. The highest BCUT2D eigenvalue weighted by molar-refractivity contribution is 6.32. The van der Waals surface area contributed by atoms with Gasteiger partial charge in [0.25, 0.3) is 5.91 Å². The summed E-state index contributed by atoms with van der Waals surface area (Å²) in [6.45, 7) is 5.58. The number of phenols is 3. The summed E-state index contributed by atoms with van der Waals surface area (Å²) in [5, 5.41) is 140. The minimum absolute atomic E-state index is 0.124. The monoisotopic (exact) mass is 1430 g/mol. The largest absolute Gasteiger partial charge is 0.508 e. The summed E-state index contributed by atoms with van der Waals surface area (Å²) >= 11 is 14.0. The van der Waals surface area contributed by atoms with E-state index >= 15 is 14.4 Å². The molecule has 0 radical (unpaired) electrons. The molecule has 0 spiro atoms. The van der Waals surface area contributed by atoms with Crippen LogP contribution in [-0.2, 0) is 52.6 Å². The molecule has 13 unspecified atom stereocenters. The van der Waals surface area contributed by atoms with Gasteiger partial charge in [-0.15, -0.1) is 0 Å². The topological polar surface area (TPSA) is 525 Å². The van der Waals surface area contributed by atoms with Crippen molar-refractivity contribution in [2.75, 3.05) is 13.7 Å². The van der Waals surface area contributed by atoms with Crippen LogP contribution in [0.5, 0.6) is 46.0 Å². The van der Waals surface area contributed by atoms with E-state index in [1.54, 1.807) is 13.8 Å². The van der Waals surface area contributed by atoms with Crippen LogP contribution in [-0.4, -0.2) is 196 Å². The number of amides is 6. The van der Waals surface area contributed by atoms with Crippen LogP contribution in [0.15, 0.2) is 78.9 Å². The molecule has 5 aromatic rings. The molecular formula is C65H72Cl2N8O25. The Bertz CT molecular complexity index is 4050. The van der Waals surface area contributed by atoms with Crippen LogP contribution < -0.4 is 57.2 Å². The lowest BCUT2D eigenvalue weighted by molar-refractivity contribution is -0.333. The van der Waals surface area contributed by atoms with Crippen LogP contribution in [0.25, 0.3) is 11.1 Å². The van der Waals surface area contributed by atoms with Crippen molar-refractivity contribution in [1.82, 2.24) is 37.2 Å². The molecule has 35 heteroatoms. The highest BCUT2D eigenvalue weighted by atomic mass is 35.5. The summed E-state index contributed by atoms with van der Waals surface area (Å²) in [7, 11) is 1.44. The van der Waals surface area contributed by atoms with Gasteiger partial charge in [0.1, 0.15) is 83.4 Å².